The van der Waals surface area contributed by atoms with Crippen molar-refractivity contribution in [2.24, 2.45) is 0 Å². The van der Waals surface area contributed by atoms with Gasteiger partial charge in [-0.05, 0) is 12.8 Å². The van der Waals surface area contributed by atoms with E-state index in [2.05, 4.69) is 13.8 Å². The molecule has 0 rings (SSSR count). The minimum atomic E-state index is -0.926. The van der Waals surface area contributed by atoms with E-state index in [0.717, 1.165) is 25.7 Å². The Morgan fingerprint density at radius 3 is 1.18 bits per heavy atom. The Morgan fingerprint density at radius 2 is 0.818 bits per heavy atom. The van der Waals surface area contributed by atoms with E-state index < -0.39 is 12.1 Å². The molecule has 0 aliphatic heterocycles. The molecule has 33 heavy (non-hydrogen) atoms. The number of rotatable bonds is 27. The monoisotopic (exact) mass is 468 g/mol. The van der Waals surface area contributed by atoms with Crippen molar-refractivity contribution in [2.75, 3.05) is 6.61 Å². The van der Waals surface area contributed by atoms with E-state index >= 15 is 0 Å². The molecule has 3 nitrogen and oxygen atoms in total. The number of unbranched alkanes of at least 4 members (excludes halogenated alkanes) is 22. The fourth-order valence-electron chi connectivity index (χ4n) is 4.51. The average Bonchev–Trinajstić information content (AvgIpc) is 2.82. The van der Waals surface area contributed by atoms with E-state index in [1.54, 1.807) is 0 Å². The first-order valence-corrected chi connectivity index (χ1v) is 15.1. The van der Waals surface area contributed by atoms with Crippen molar-refractivity contribution in [2.45, 2.75) is 180 Å². The first-order valence-electron chi connectivity index (χ1n) is 15.1. The molecule has 0 aliphatic rings. The molecule has 0 heterocycles. The number of hydrogen-bond donors (Lipinski definition) is 1. The van der Waals surface area contributed by atoms with Crippen LogP contribution in [0.1, 0.15) is 174 Å². The van der Waals surface area contributed by atoms with Crippen LogP contribution in [0, 0.1) is 0 Å². The Morgan fingerprint density at radius 1 is 0.515 bits per heavy atom. The summed E-state index contributed by atoms with van der Waals surface area (Å²) in [6, 6.07) is 0. The number of carbonyl (C=O) groups excluding carboxylic acids is 1. The lowest BCUT2D eigenvalue weighted by Crippen LogP contribution is -2.23. The van der Waals surface area contributed by atoms with Gasteiger partial charge in [-0.2, -0.15) is 0 Å². The van der Waals surface area contributed by atoms with E-state index in [1.165, 1.54) is 128 Å². The summed E-state index contributed by atoms with van der Waals surface area (Å²) in [6.07, 6.45) is 30.8. The highest BCUT2D eigenvalue weighted by atomic mass is 16.5. The van der Waals surface area contributed by atoms with Crippen LogP contribution in [0.3, 0.4) is 0 Å². The smallest absolute Gasteiger partial charge is 0.334 e. The fraction of sp³-hybridized carbons (Fsp3) is 0.967. The summed E-state index contributed by atoms with van der Waals surface area (Å²) in [7, 11) is 0. The second-order valence-corrected chi connectivity index (χ2v) is 10.3. The van der Waals surface area contributed by atoms with Gasteiger partial charge in [0.15, 0.2) is 6.10 Å². The van der Waals surface area contributed by atoms with E-state index in [9.17, 15) is 9.90 Å². The van der Waals surface area contributed by atoms with Gasteiger partial charge < -0.3 is 9.84 Å². The Hall–Kier alpha value is -0.570. The van der Waals surface area contributed by atoms with Crippen molar-refractivity contribution >= 4 is 5.97 Å². The Labute approximate surface area is 207 Å². The third kappa shape index (κ3) is 25.9. The van der Waals surface area contributed by atoms with Crippen LogP contribution in [0.5, 0.6) is 0 Å². The molecule has 1 unspecified atom stereocenters. The van der Waals surface area contributed by atoms with Gasteiger partial charge in [0.2, 0.25) is 0 Å². The van der Waals surface area contributed by atoms with E-state index in [-0.39, 0.29) is 0 Å². The number of hydrogen-bond acceptors (Lipinski definition) is 3. The van der Waals surface area contributed by atoms with Gasteiger partial charge in [0.05, 0.1) is 6.61 Å². The highest BCUT2D eigenvalue weighted by Gasteiger charge is 2.15. The van der Waals surface area contributed by atoms with Crippen LogP contribution in [0.25, 0.3) is 0 Å². The van der Waals surface area contributed by atoms with Crippen LogP contribution >= 0.6 is 0 Å². The first-order chi connectivity index (χ1) is 16.2. The molecule has 0 radical (unpaired) electrons. The summed E-state index contributed by atoms with van der Waals surface area (Å²) in [4.78, 5) is 11.9. The maximum atomic E-state index is 11.9. The molecule has 0 bridgehead atoms. The van der Waals surface area contributed by atoms with Crippen molar-refractivity contribution < 1.29 is 14.6 Å². The Bertz CT molecular complexity index is 383. The van der Waals surface area contributed by atoms with Crippen molar-refractivity contribution in [3.05, 3.63) is 0 Å². The zero-order valence-electron chi connectivity index (χ0n) is 22.7. The minimum Gasteiger partial charge on any atom is -0.464 e. The second kappa shape index (κ2) is 27.7. The quantitative estimate of drug-likeness (QED) is 0.0963. The number of aliphatic hydroxyl groups is 1. The van der Waals surface area contributed by atoms with Gasteiger partial charge in [-0.15, -0.1) is 0 Å². The fourth-order valence-corrected chi connectivity index (χ4v) is 4.51. The summed E-state index contributed by atoms with van der Waals surface area (Å²) in [5.41, 5.74) is 0. The molecule has 0 saturated heterocycles. The van der Waals surface area contributed by atoms with Gasteiger partial charge in [0.25, 0.3) is 0 Å². The van der Waals surface area contributed by atoms with Crippen LogP contribution in [-0.4, -0.2) is 23.8 Å². The lowest BCUT2D eigenvalue weighted by molar-refractivity contribution is -0.154. The minimum absolute atomic E-state index is 0.416. The molecule has 1 N–H and O–H groups in total. The van der Waals surface area contributed by atoms with Crippen molar-refractivity contribution in [1.82, 2.24) is 0 Å². The van der Waals surface area contributed by atoms with Crippen molar-refractivity contribution in [1.29, 1.82) is 0 Å². The van der Waals surface area contributed by atoms with Crippen LogP contribution in [-0.2, 0) is 9.53 Å². The van der Waals surface area contributed by atoms with Gasteiger partial charge in [0.1, 0.15) is 0 Å². The topological polar surface area (TPSA) is 46.5 Å². The molecule has 0 aromatic rings. The molecule has 0 spiro atoms. The Kier molecular flexibility index (Phi) is 27.2. The molecule has 0 saturated carbocycles. The van der Waals surface area contributed by atoms with Gasteiger partial charge in [-0.1, -0.05) is 162 Å². The molecule has 0 aromatic heterocycles. The molecular weight excluding hydrogens is 408 g/mol. The van der Waals surface area contributed by atoms with Gasteiger partial charge in [0, 0.05) is 0 Å². The predicted molar refractivity (Wildman–Crippen MR) is 144 cm³/mol. The third-order valence-electron chi connectivity index (χ3n) is 6.85. The van der Waals surface area contributed by atoms with Crippen molar-refractivity contribution in [3.63, 3.8) is 0 Å². The van der Waals surface area contributed by atoms with Crippen LogP contribution < -0.4 is 0 Å². The maximum absolute atomic E-state index is 11.9. The number of carbonyl (C=O) groups is 1. The lowest BCUT2D eigenvalue weighted by Gasteiger charge is -2.10. The highest BCUT2D eigenvalue weighted by molar-refractivity contribution is 5.74. The van der Waals surface area contributed by atoms with E-state index in [1.807, 2.05) is 0 Å². The van der Waals surface area contributed by atoms with Crippen LogP contribution in [0.15, 0.2) is 0 Å². The largest absolute Gasteiger partial charge is 0.464 e. The molecule has 0 aromatic carbocycles. The molecule has 3 heteroatoms. The number of aliphatic hydroxyl groups excluding tert-OH is 1. The summed E-state index contributed by atoms with van der Waals surface area (Å²) in [5, 5.41) is 10.00. The second-order valence-electron chi connectivity index (χ2n) is 10.3. The summed E-state index contributed by atoms with van der Waals surface area (Å²) in [5.74, 6) is -0.416. The van der Waals surface area contributed by atoms with Gasteiger partial charge >= 0.3 is 5.97 Å². The Balaban J connectivity index is 3.29. The van der Waals surface area contributed by atoms with Crippen LogP contribution in [0.4, 0.5) is 0 Å². The average molecular weight is 469 g/mol. The van der Waals surface area contributed by atoms with Gasteiger partial charge in [-0.3, -0.25) is 0 Å². The number of ether oxygens (including phenoxy) is 1. The zero-order chi connectivity index (χ0) is 24.2. The number of esters is 1. The third-order valence-corrected chi connectivity index (χ3v) is 6.85. The normalized spacial score (nSPS) is 12.2. The van der Waals surface area contributed by atoms with E-state index in [4.69, 9.17) is 4.74 Å². The summed E-state index contributed by atoms with van der Waals surface area (Å²) < 4.78 is 5.26. The standard InChI is InChI=1S/C30H60O3/c1-3-5-7-9-11-13-15-16-17-18-19-21-23-25-27-29(31)30(32)33-28-26-24-22-20-14-12-10-8-6-4-2/h29,31H,3-28H2,1-2H3. The van der Waals surface area contributed by atoms with Gasteiger partial charge in [-0.25, -0.2) is 4.79 Å². The lowest BCUT2D eigenvalue weighted by atomic mass is 10.0. The van der Waals surface area contributed by atoms with E-state index in [0.29, 0.717) is 13.0 Å². The molecule has 0 fully saturated rings. The SMILES string of the molecule is CCCCCCCCCCCCCCCCC(O)C(=O)OCCCCCCCCCCCC. The first kappa shape index (κ1) is 32.4. The predicted octanol–water partition coefficient (Wildman–Crippen LogP) is 9.68. The summed E-state index contributed by atoms with van der Waals surface area (Å²) >= 11 is 0. The zero-order valence-corrected chi connectivity index (χ0v) is 22.7. The van der Waals surface area contributed by atoms with Crippen molar-refractivity contribution in [3.8, 4) is 0 Å². The molecule has 198 valence electrons. The van der Waals surface area contributed by atoms with Crippen LogP contribution in [0.2, 0.25) is 0 Å². The maximum Gasteiger partial charge on any atom is 0.334 e. The summed E-state index contributed by atoms with van der Waals surface area (Å²) in [6.45, 7) is 4.99. The molecule has 1 atom stereocenters. The molecule has 0 amide bonds. The molecular formula is C30H60O3. The highest BCUT2D eigenvalue weighted by Crippen LogP contribution is 2.14. The molecule has 0 aliphatic carbocycles.